The van der Waals surface area contributed by atoms with Crippen molar-refractivity contribution in [2.75, 3.05) is 14.1 Å². The van der Waals surface area contributed by atoms with E-state index >= 15 is 0 Å². The van der Waals surface area contributed by atoms with E-state index in [2.05, 4.69) is 4.85 Å². The smallest absolute Gasteiger partial charge is 0.259 e. The second kappa shape index (κ2) is 4.94. The first-order chi connectivity index (χ1) is 7.54. The van der Waals surface area contributed by atoms with Gasteiger partial charge in [0.2, 0.25) is 5.69 Å². The minimum absolute atomic E-state index is 0.0620. The summed E-state index contributed by atoms with van der Waals surface area (Å²) >= 11 is 0. The third-order valence-corrected chi connectivity index (χ3v) is 1.90. The molecule has 0 aliphatic heterocycles. The lowest BCUT2D eigenvalue weighted by atomic mass is 10.1. The minimum atomic E-state index is -0.506. The topological polar surface area (TPSA) is 50.7 Å². The molecule has 0 fully saturated rings. The van der Waals surface area contributed by atoms with Crippen LogP contribution in [0.15, 0.2) is 24.4 Å². The van der Waals surface area contributed by atoms with Crippen molar-refractivity contribution in [3.05, 3.63) is 51.5 Å². The second-order valence-corrected chi connectivity index (χ2v) is 3.39. The van der Waals surface area contributed by atoms with Gasteiger partial charge in [0.1, 0.15) is 0 Å². The standard InChI is InChI=1S/C11H11N3O2/c1-12-11-8-10(14(15)16)5-4-9(11)6-7-13(2)3/h4-8H,2-3H3/b7-6+. The van der Waals surface area contributed by atoms with Crippen molar-refractivity contribution in [2.45, 2.75) is 0 Å². The molecule has 5 nitrogen and oxygen atoms in total. The van der Waals surface area contributed by atoms with Gasteiger partial charge in [0.05, 0.1) is 11.5 Å². The molecule has 0 saturated carbocycles. The van der Waals surface area contributed by atoms with E-state index in [9.17, 15) is 10.1 Å². The summed E-state index contributed by atoms with van der Waals surface area (Å²) in [7, 11) is 3.72. The molecule has 0 spiro atoms. The van der Waals surface area contributed by atoms with Crippen LogP contribution in [0.4, 0.5) is 11.4 Å². The Bertz CT molecular complexity index is 473. The number of hydrogen-bond acceptors (Lipinski definition) is 3. The molecule has 82 valence electrons. The number of nitro benzene ring substituents is 1. The summed E-state index contributed by atoms with van der Waals surface area (Å²) in [5, 5.41) is 10.5. The van der Waals surface area contributed by atoms with Gasteiger partial charge in [0.25, 0.3) is 5.69 Å². The van der Waals surface area contributed by atoms with E-state index in [1.54, 1.807) is 18.3 Å². The lowest BCUT2D eigenvalue weighted by Crippen LogP contribution is -1.99. The fourth-order valence-electron chi connectivity index (χ4n) is 1.11. The van der Waals surface area contributed by atoms with Crippen LogP contribution in [0.1, 0.15) is 5.56 Å². The Morgan fingerprint density at radius 2 is 2.19 bits per heavy atom. The Hall–Kier alpha value is -2.35. The Morgan fingerprint density at radius 1 is 1.50 bits per heavy atom. The van der Waals surface area contributed by atoms with Crippen LogP contribution in [0.5, 0.6) is 0 Å². The Morgan fingerprint density at radius 3 is 2.69 bits per heavy atom. The van der Waals surface area contributed by atoms with Crippen molar-refractivity contribution in [1.82, 2.24) is 4.90 Å². The number of nitrogens with zero attached hydrogens (tertiary/aromatic N) is 3. The van der Waals surface area contributed by atoms with Gasteiger partial charge < -0.3 is 4.90 Å². The Kier molecular flexibility index (Phi) is 3.62. The molecule has 0 unspecified atom stereocenters. The highest BCUT2D eigenvalue weighted by molar-refractivity contribution is 5.69. The van der Waals surface area contributed by atoms with Gasteiger partial charge in [-0.1, -0.05) is 6.07 Å². The molecule has 0 amide bonds. The summed E-state index contributed by atoms with van der Waals surface area (Å²) in [6.45, 7) is 6.96. The second-order valence-electron chi connectivity index (χ2n) is 3.39. The third kappa shape index (κ3) is 2.82. The van der Waals surface area contributed by atoms with Crippen molar-refractivity contribution >= 4 is 17.5 Å². The first-order valence-corrected chi connectivity index (χ1v) is 4.55. The average Bonchev–Trinajstić information content (AvgIpc) is 2.25. The predicted molar refractivity (Wildman–Crippen MR) is 62.1 cm³/mol. The van der Waals surface area contributed by atoms with Crippen LogP contribution in [0.3, 0.4) is 0 Å². The predicted octanol–water partition coefficient (Wildman–Crippen LogP) is 2.68. The lowest BCUT2D eigenvalue weighted by molar-refractivity contribution is -0.384. The minimum Gasteiger partial charge on any atom is -0.384 e. The molecule has 1 rings (SSSR count). The van der Waals surface area contributed by atoms with E-state index in [4.69, 9.17) is 6.57 Å². The summed E-state index contributed by atoms with van der Waals surface area (Å²) in [4.78, 5) is 15.1. The summed E-state index contributed by atoms with van der Waals surface area (Å²) in [5.41, 5.74) is 0.898. The van der Waals surface area contributed by atoms with Gasteiger partial charge in [0.15, 0.2) is 0 Å². The van der Waals surface area contributed by atoms with E-state index < -0.39 is 4.92 Å². The van der Waals surface area contributed by atoms with Gasteiger partial charge in [-0.15, -0.1) is 0 Å². The van der Waals surface area contributed by atoms with Crippen LogP contribution >= 0.6 is 0 Å². The van der Waals surface area contributed by atoms with E-state index in [0.29, 0.717) is 5.56 Å². The molecule has 0 atom stereocenters. The zero-order chi connectivity index (χ0) is 12.1. The third-order valence-electron chi connectivity index (χ3n) is 1.90. The first-order valence-electron chi connectivity index (χ1n) is 4.55. The van der Waals surface area contributed by atoms with E-state index in [1.165, 1.54) is 12.1 Å². The van der Waals surface area contributed by atoms with Crippen molar-refractivity contribution < 1.29 is 4.92 Å². The maximum Gasteiger partial charge on any atom is 0.259 e. The molecule has 1 aromatic rings. The van der Waals surface area contributed by atoms with Gasteiger partial charge in [0, 0.05) is 26.2 Å². The summed E-state index contributed by atoms with van der Waals surface area (Å²) in [6, 6.07) is 4.25. The highest BCUT2D eigenvalue weighted by Gasteiger charge is 2.08. The van der Waals surface area contributed by atoms with E-state index in [1.807, 2.05) is 19.0 Å². The Balaban J connectivity index is 3.13. The molecule has 0 aliphatic rings. The molecular weight excluding hydrogens is 206 g/mol. The number of benzene rings is 1. The van der Waals surface area contributed by atoms with Crippen LogP contribution in [-0.2, 0) is 0 Å². The SMILES string of the molecule is [C-]#[N+]c1cc([N+](=O)[O-])ccc1/C=C/N(C)C. The van der Waals surface area contributed by atoms with E-state index in [0.717, 1.165) is 0 Å². The molecule has 1 aromatic carbocycles. The van der Waals surface area contributed by atoms with Gasteiger partial charge >= 0.3 is 0 Å². The lowest BCUT2D eigenvalue weighted by Gasteiger charge is -2.04. The van der Waals surface area contributed by atoms with Gasteiger partial charge in [-0.2, -0.15) is 0 Å². The van der Waals surface area contributed by atoms with Crippen LogP contribution in [0.25, 0.3) is 10.9 Å². The average molecular weight is 217 g/mol. The number of non-ortho nitro benzene ring substituents is 1. The molecule has 0 aliphatic carbocycles. The maximum absolute atomic E-state index is 10.5. The van der Waals surface area contributed by atoms with Crippen molar-refractivity contribution in [3.8, 4) is 0 Å². The fourth-order valence-corrected chi connectivity index (χ4v) is 1.11. The van der Waals surface area contributed by atoms with Crippen LogP contribution in [0, 0.1) is 16.7 Å². The molecule has 0 saturated heterocycles. The molecule has 0 aromatic heterocycles. The van der Waals surface area contributed by atoms with Gasteiger partial charge in [-0.25, -0.2) is 4.85 Å². The number of rotatable bonds is 3. The largest absolute Gasteiger partial charge is 0.384 e. The van der Waals surface area contributed by atoms with Crippen LogP contribution in [-0.4, -0.2) is 23.9 Å². The molecular formula is C11H11N3O2. The highest BCUT2D eigenvalue weighted by atomic mass is 16.6. The highest BCUT2D eigenvalue weighted by Crippen LogP contribution is 2.26. The van der Waals surface area contributed by atoms with Crippen LogP contribution < -0.4 is 0 Å². The van der Waals surface area contributed by atoms with Crippen molar-refractivity contribution in [3.63, 3.8) is 0 Å². The van der Waals surface area contributed by atoms with Crippen LogP contribution in [0.2, 0.25) is 0 Å². The molecule has 0 radical (unpaired) electrons. The molecule has 0 N–H and O–H groups in total. The summed E-state index contributed by atoms with van der Waals surface area (Å²) < 4.78 is 0. The van der Waals surface area contributed by atoms with Crippen molar-refractivity contribution in [2.24, 2.45) is 0 Å². The van der Waals surface area contributed by atoms with Crippen molar-refractivity contribution in [1.29, 1.82) is 0 Å². The van der Waals surface area contributed by atoms with Gasteiger partial charge in [-0.05, 0) is 17.8 Å². The normalized spacial score (nSPS) is 10.1. The number of nitro groups is 1. The first kappa shape index (κ1) is 11.7. The maximum atomic E-state index is 10.5. The number of hydrogen-bond donors (Lipinski definition) is 0. The summed E-state index contributed by atoms with van der Waals surface area (Å²) in [5.74, 6) is 0. The molecule has 5 heteroatoms. The zero-order valence-electron chi connectivity index (χ0n) is 9.04. The monoisotopic (exact) mass is 217 g/mol. The molecule has 0 heterocycles. The zero-order valence-corrected chi connectivity index (χ0v) is 9.04. The Labute approximate surface area is 93.6 Å². The van der Waals surface area contributed by atoms with Gasteiger partial charge in [-0.3, -0.25) is 10.1 Å². The molecule has 0 bridgehead atoms. The summed E-state index contributed by atoms with van der Waals surface area (Å²) in [6.07, 6.45) is 3.53. The fraction of sp³-hybridized carbons (Fsp3) is 0.182. The quantitative estimate of drug-likeness (QED) is 0.444. The molecule has 16 heavy (non-hydrogen) atoms. The van der Waals surface area contributed by atoms with E-state index in [-0.39, 0.29) is 11.4 Å².